The minimum absolute atomic E-state index is 0.817. The zero-order valence-corrected chi connectivity index (χ0v) is 19.0. The fourth-order valence-electron chi connectivity index (χ4n) is 3.60. The third-order valence-electron chi connectivity index (χ3n) is 5.11. The Kier molecular flexibility index (Phi) is 6.90. The lowest BCUT2D eigenvalue weighted by Crippen LogP contribution is -2.30. The average Bonchev–Trinajstić information content (AvgIpc) is 3.16. The van der Waals surface area contributed by atoms with Crippen LogP contribution in [0.15, 0.2) is 58.2 Å². The lowest BCUT2D eigenvalue weighted by atomic mass is 10.1. The lowest BCUT2D eigenvalue weighted by Gasteiger charge is -2.26. The molecule has 7 heteroatoms. The van der Waals surface area contributed by atoms with Crippen molar-refractivity contribution in [2.24, 2.45) is 0 Å². The molecule has 4 rings (SSSR count). The molecule has 0 amide bonds. The van der Waals surface area contributed by atoms with E-state index in [0.717, 1.165) is 52.3 Å². The first kappa shape index (κ1) is 20.4. The third kappa shape index (κ3) is 5.02. The number of hydrogen-bond acceptors (Lipinski definition) is 5. The SMILES string of the molecule is COc1ccc(CSc2nnc(CN3CCCCC3)n2-c2ccccc2)cc1Br. The van der Waals surface area contributed by atoms with Crippen molar-refractivity contribution < 1.29 is 4.74 Å². The van der Waals surface area contributed by atoms with Crippen LogP contribution in [0.3, 0.4) is 0 Å². The molecule has 5 nitrogen and oxygen atoms in total. The summed E-state index contributed by atoms with van der Waals surface area (Å²) in [4.78, 5) is 2.49. The Hall–Kier alpha value is -1.83. The van der Waals surface area contributed by atoms with Crippen LogP contribution in [-0.4, -0.2) is 39.9 Å². The van der Waals surface area contributed by atoms with Crippen LogP contribution in [0.4, 0.5) is 0 Å². The first-order chi connectivity index (χ1) is 14.2. The molecule has 0 bridgehead atoms. The van der Waals surface area contributed by atoms with Gasteiger partial charge in [0.2, 0.25) is 0 Å². The monoisotopic (exact) mass is 472 g/mol. The molecule has 0 atom stereocenters. The maximum Gasteiger partial charge on any atom is 0.196 e. The largest absolute Gasteiger partial charge is 0.496 e. The molecule has 1 aromatic heterocycles. The molecule has 0 unspecified atom stereocenters. The van der Waals surface area contributed by atoms with E-state index in [9.17, 15) is 0 Å². The van der Waals surface area contributed by atoms with Crippen molar-refractivity contribution in [1.29, 1.82) is 0 Å². The number of hydrogen-bond donors (Lipinski definition) is 0. The average molecular weight is 473 g/mol. The zero-order valence-electron chi connectivity index (χ0n) is 16.6. The van der Waals surface area contributed by atoms with Crippen LogP contribution >= 0.6 is 27.7 Å². The van der Waals surface area contributed by atoms with Crippen molar-refractivity contribution in [3.8, 4) is 11.4 Å². The van der Waals surface area contributed by atoms with Gasteiger partial charge in [0.15, 0.2) is 11.0 Å². The Morgan fingerprint density at radius 3 is 2.55 bits per heavy atom. The number of piperidine rings is 1. The summed E-state index contributed by atoms with van der Waals surface area (Å²) < 4.78 is 8.50. The number of rotatable bonds is 7. The first-order valence-corrected chi connectivity index (χ1v) is 11.7. The molecule has 3 aromatic rings. The van der Waals surface area contributed by atoms with Gasteiger partial charge in [-0.15, -0.1) is 10.2 Å². The van der Waals surface area contributed by atoms with Gasteiger partial charge in [0.1, 0.15) is 5.75 Å². The highest BCUT2D eigenvalue weighted by molar-refractivity contribution is 9.10. The maximum atomic E-state index is 5.33. The smallest absolute Gasteiger partial charge is 0.196 e. The normalized spacial score (nSPS) is 14.8. The Bertz CT molecular complexity index is 941. The lowest BCUT2D eigenvalue weighted by molar-refractivity contribution is 0.214. The number of benzene rings is 2. The van der Waals surface area contributed by atoms with E-state index in [1.54, 1.807) is 18.9 Å². The summed E-state index contributed by atoms with van der Waals surface area (Å²) in [6.07, 6.45) is 3.88. The summed E-state index contributed by atoms with van der Waals surface area (Å²) in [5.74, 6) is 2.67. The Labute approximate surface area is 184 Å². The van der Waals surface area contributed by atoms with Gasteiger partial charge < -0.3 is 4.74 Å². The summed E-state index contributed by atoms with van der Waals surface area (Å²) in [6.45, 7) is 3.13. The van der Waals surface area contributed by atoms with Gasteiger partial charge in [-0.2, -0.15) is 0 Å². The van der Waals surface area contributed by atoms with E-state index in [1.807, 2.05) is 12.1 Å². The Balaban J connectivity index is 1.56. The minimum Gasteiger partial charge on any atom is -0.496 e. The van der Waals surface area contributed by atoms with Gasteiger partial charge in [0, 0.05) is 11.4 Å². The molecule has 2 aromatic carbocycles. The first-order valence-electron chi connectivity index (χ1n) is 9.92. The number of halogens is 1. The molecule has 0 aliphatic carbocycles. The quantitative estimate of drug-likeness (QED) is 0.435. The van der Waals surface area contributed by atoms with E-state index >= 15 is 0 Å². The Morgan fingerprint density at radius 1 is 1.03 bits per heavy atom. The molecule has 0 spiro atoms. The highest BCUT2D eigenvalue weighted by Gasteiger charge is 2.19. The van der Waals surface area contributed by atoms with Crippen LogP contribution in [0.5, 0.6) is 5.75 Å². The molecule has 152 valence electrons. The number of para-hydroxylation sites is 1. The van der Waals surface area contributed by atoms with Crippen molar-refractivity contribution in [3.05, 3.63) is 64.4 Å². The third-order valence-corrected chi connectivity index (χ3v) is 6.73. The molecule has 1 aliphatic heterocycles. The predicted octanol–water partition coefficient (Wildman–Crippen LogP) is 5.32. The number of methoxy groups -OCH3 is 1. The molecule has 0 saturated carbocycles. The van der Waals surface area contributed by atoms with E-state index in [-0.39, 0.29) is 0 Å². The maximum absolute atomic E-state index is 5.33. The van der Waals surface area contributed by atoms with Gasteiger partial charge >= 0.3 is 0 Å². The van der Waals surface area contributed by atoms with Crippen molar-refractivity contribution in [1.82, 2.24) is 19.7 Å². The highest BCUT2D eigenvalue weighted by atomic mass is 79.9. The van der Waals surface area contributed by atoms with Gasteiger partial charge in [-0.05, 0) is 71.7 Å². The molecular formula is C22H25BrN4OS. The van der Waals surface area contributed by atoms with Crippen LogP contribution in [-0.2, 0) is 12.3 Å². The molecule has 0 radical (unpaired) electrons. The van der Waals surface area contributed by atoms with Crippen LogP contribution in [0.25, 0.3) is 5.69 Å². The van der Waals surface area contributed by atoms with Crippen molar-refractivity contribution in [2.45, 2.75) is 36.7 Å². The van der Waals surface area contributed by atoms with E-state index in [1.165, 1.54) is 24.8 Å². The van der Waals surface area contributed by atoms with E-state index in [4.69, 9.17) is 4.74 Å². The fraction of sp³-hybridized carbons (Fsp3) is 0.364. The highest BCUT2D eigenvalue weighted by Crippen LogP contribution is 2.30. The molecule has 29 heavy (non-hydrogen) atoms. The second kappa shape index (κ2) is 9.78. The van der Waals surface area contributed by atoms with Crippen molar-refractivity contribution >= 4 is 27.7 Å². The Morgan fingerprint density at radius 2 is 1.83 bits per heavy atom. The fourth-order valence-corrected chi connectivity index (χ4v) is 5.10. The van der Waals surface area contributed by atoms with E-state index in [0.29, 0.717) is 0 Å². The zero-order chi connectivity index (χ0) is 20.1. The summed E-state index contributed by atoms with van der Waals surface area (Å²) in [7, 11) is 1.68. The topological polar surface area (TPSA) is 43.2 Å². The van der Waals surface area contributed by atoms with Crippen LogP contribution in [0.2, 0.25) is 0 Å². The van der Waals surface area contributed by atoms with Crippen molar-refractivity contribution in [3.63, 3.8) is 0 Å². The summed E-state index contributed by atoms with van der Waals surface area (Å²) in [5.41, 5.74) is 2.32. The van der Waals surface area contributed by atoms with E-state index < -0.39 is 0 Å². The molecule has 1 aliphatic rings. The molecule has 0 N–H and O–H groups in total. The minimum atomic E-state index is 0.817. The molecule has 1 saturated heterocycles. The number of nitrogens with zero attached hydrogens (tertiary/aromatic N) is 4. The summed E-state index contributed by atoms with van der Waals surface area (Å²) >= 11 is 5.28. The number of aromatic nitrogens is 3. The number of ether oxygens (including phenoxy) is 1. The summed E-state index contributed by atoms with van der Waals surface area (Å²) in [6, 6.07) is 16.6. The van der Waals surface area contributed by atoms with Crippen molar-refractivity contribution in [2.75, 3.05) is 20.2 Å². The van der Waals surface area contributed by atoms with Gasteiger partial charge in [0.25, 0.3) is 0 Å². The summed E-state index contributed by atoms with van der Waals surface area (Å²) in [5, 5.41) is 10.0. The van der Waals surface area contributed by atoms with Crippen LogP contribution < -0.4 is 4.74 Å². The van der Waals surface area contributed by atoms with E-state index in [2.05, 4.69) is 72.0 Å². The molecule has 2 heterocycles. The number of thioether (sulfide) groups is 1. The second-order valence-electron chi connectivity index (χ2n) is 7.16. The van der Waals surface area contributed by atoms with Gasteiger partial charge in [-0.1, -0.05) is 42.4 Å². The van der Waals surface area contributed by atoms with Gasteiger partial charge in [-0.25, -0.2) is 0 Å². The molecule has 1 fully saturated rings. The van der Waals surface area contributed by atoms with Gasteiger partial charge in [-0.3, -0.25) is 9.47 Å². The molecular weight excluding hydrogens is 448 g/mol. The second-order valence-corrected chi connectivity index (χ2v) is 8.96. The predicted molar refractivity (Wildman–Crippen MR) is 121 cm³/mol. The standard InChI is InChI=1S/C22H25BrN4OS/c1-28-20-11-10-17(14-19(20)23)16-29-22-25-24-21(15-26-12-6-3-7-13-26)27(22)18-8-4-2-5-9-18/h2,4-5,8-11,14H,3,6-7,12-13,15-16H2,1H3. The number of likely N-dealkylation sites (tertiary alicyclic amines) is 1. The van der Waals surface area contributed by atoms with Crippen LogP contribution in [0.1, 0.15) is 30.7 Å². The van der Waals surface area contributed by atoms with Crippen LogP contribution in [0, 0.1) is 0 Å². The van der Waals surface area contributed by atoms with Gasteiger partial charge in [0.05, 0.1) is 18.1 Å².